The number of rotatable bonds is 4. The summed E-state index contributed by atoms with van der Waals surface area (Å²) in [6.45, 7) is 11.0. The van der Waals surface area contributed by atoms with Crippen LogP contribution in [0.2, 0.25) is 0 Å². The number of carbonyl (C=O) groups excluding carboxylic acids is 3. The summed E-state index contributed by atoms with van der Waals surface area (Å²) in [5.41, 5.74) is 0.151. The lowest BCUT2D eigenvalue weighted by molar-refractivity contribution is -0.136. The van der Waals surface area contributed by atoms with E-state index in [2.05, 4.69) is 19.2 Å². The lowest BCUT2D eigenvalue weighted by Gasteiger charge is -2.24. The molecule has 1 unspecified atom stereocenters. The zero-order chi connectivity index (χ0) is 18.3. The van der Waals surface area contributed by atoms with Gasteiger partial charge in [-0.15, -0.1) is 0 Å². The molecule has 1 N–H and O–H groups in total. The largest absolute Gasteiger partial charge is 0.325 e. The van der Waals surface area contributed by atoms with Crippen molar-refractivity contribution >= 4 is 17.7 Å². The van der Waals surface area contributed by atoms with Crippen LogP contribution in [0.3, 0.4) is 0 Å². The SMILES string of the molecule is CC(C)c1ccc(C2(C)NC(=O)N(CC(=O)C(C)(C)C)C2=O)cc1. The number of benzene rings is 1. The molecule has 1 aromatic carbocycles. The van der Waals surface area contributed by atoms with Crippen LogP contribution < -0.4 is 5.32 Å². The van der Waals surface area contributed by atoms with Gasteiger partial charge in [0.1, 0.15) is 5.54 Å². The number of carbonyl (C=O) groups is 3. The van der Waals surface area contributed by atoms with Crippen molar-refractivity contribution in [3.8, 4) is 0 Å². The average Bonchev–Trinajstić information content (AvgIpc) is 2.70. The number of imide groups is 1. The number of hydrogen-bond donors (Lipinski definition) is 1. The predicted octanol–water partition coefficient (Wildman–Crippen LogP) is 3.19. The molecule has 1 fully saturated rings. The highest BCUT2D eigenvalue weighted by atomic mass is 16.2. The Morgan fingerprint density at radius 2 is 1.71 bits per heavy atom. The zero-order valence-electron chi connectivity index (χ0n) is 15.3. The maximum absolute atomic E-state index is 12.8. The van der Waals surface area contributed by atoms with Gasteiger partial charge in [0.15, 0.2) is 5.78 Å². The smallest absolute Gasteiger partial charge is 0.319 e. The molecule has 0 aromatic heterocycles. The minimum absolute atomic E-state index is 0.148. The van der Waals surface area contributed by atoms with Crippen molar-refractivity contribution < 1.29 is 14.4 Å². The summed E-state index contributed by atoms with van der Waals surface area (Å²) in [5.74, 6) is -0.144. The fraction of sp³-hybridized carbons (Fsp3) is 0.526. The first-order chi connectivity index (χ1) is 11.0. The van der Waals surface area contributed by atoms with Crippen molar-refractivity contribution in [1.29, 1.82) is 0 Å². The Labute approximate surface area is 143 Å². The maximum Gasteiger partial charge on any atom is 0.325 e. The highest BCUT2D eigenvalue weighted by molar-refractivity contribution is 6.09. The van der Waals surface area contributed by atoms with Crippen molar-refractivity contribution in [1.82, 2.24) is 10.2 Å². The van der Waals surface area contributed by atoms with Crippen molar-refractivity contribution in [2.45, 2.75) is 53.0 Å². The van der Waals surface area contributed by atoms with Crippen LogP contribution in [0.5, 0.6) is 0 Å². The highest BCUT2D eigenvalue weighted by Crippen LogP contribution is 2.30. The molecular formula is C19H26N2O3. The number of hydrogen-bond acceptors (Lipinski definition) is 3. The predicted molar refractivity (Wildman–Crippen MR) is 92.6 cm³/mol. The van der Waals surface area contributed by atoms with Gasteiger partial charge in [-0.05, 0) is 24.0 Å². The Morgan fingerprint density at radius 3 is 2.17 bits per heavy atom. The molecule has 130 valence electrons. The molecule has 1 heterocycles. The zero-order valence-corrected chi connectivity index (χ0v) is 15.3. The van der Waals surface area contributed by atoms with Gasteiger partial charge < -0.3 is 5.32 Å². The number of nitrogens with zero attached hydrogens (tertiary/aromatic N) is 1. The Bertz CT molecular complexity index is 671. The van der Waals surface area contributed by atoms with Crippen LogP contribution in [-0.4, -0.2) is 29.2 Å². The minimum Gasteiger partial charge on any atom is -0.319 e. The van der Waals surface area contributed by atoms with Crippen molar-refractivity contribution in [3.63, 3.8) is 0 Å². The van der Waals surface area contributed by atoms with Gasteiger partial charge in [0, 0.05) is 5.41 Å². The molecule has 3 amide bonds. The normalized spacial score (nSPS) is 21.4. The molecule has 0 bridgehead atoms. The van der Waals surface area contributed by atoms with Crippen molar-refractivity contribution in [3.05, 3.63) is 35.4 Å². The van der Waals surface area contributed by atoms with E-state index in [0.29, 0.717) is 5.92 Å². The molecule has 0 spiro atoms. The molecule has 1 aliphatic rings. The van der Waals surface area contributed by atoms with Gasteiger partial charge in [0.25, 0.3) is 5.91 Å². The fourth-order valence-corrected chi connectivity index (χ4v) is 2.62. The number of Topliss-reactive ketones (excluding diaryl/α,β-unsaturated/α-hetero) is 1. The molecule has 1 saturated heterocycles. The third-order valence-electron chi connectivity index (χ3n) is 4.57. The summed E-state index contributed by atoms with van der Waals surface area (Å²) in [6, 6.07) is 7.14. The van der Waals surface area contributed by atoms with E-state index in [4.69, 9.17) is 0 Å². The third kappa shape index (κ3) is 3.21. The van der Waals surface area contributed by atoms with E-state index >= 15 is 0 Å². The van der Waals surface area contributed by atoms with Gasteiger partial charge in [-0.25, -0.2) is 4.79 Å². The van der Waals surface area contributed by atoms with Gasteiger partial charge >= 0.3 is 6.03 Å². The van der Waals surface area contributed by atoms with E-state index in [1.54, 1.807) is 27.7 Å². The molecular weight excluding hydrogens is 304 g/mol. The van der Waals surface area contributed by atoms with E-state index < -0.39 is 17.0 Å². The van der Waals surface area contributed by atoms with Gasteiger partial charge in [-0.3, -0.25) is 14.5 Å². The second-order valence-corrected chi connectivity index (χ2v) is 7.90. The molecule has 0 aliphatic carbocycles. The van der Waals surface area contributed by atoms with Crippen LogP contribution in [0.1, 0.15) is 58.6 Å². The van der Waals surface area contributed by atoms with Crippen LogP contribution in [-0.2, 0) is 15.1 Å². The molecule has 5 nitrogen and oxygen atoms in total. The fourth-order valence-electron chi connectivity index (χ4n) is 2.62. The first kappa shape index (κ1) is 18.2. The quantitative estimate of drug-likeness (QED) is 0.862. The number of amides is 3. The molecule has 5 heteroatoms. The number of urea groups is 1. The topological polar surface area (TPSA) is 66.5 Å². The van der Waals surface area contributed by atoms with Crippen LogP contribution in [0.15, 0.2) is 24.3 Å². The molecule has 0 saturated carbocycles. The van der Waals surface area contributed by atoms with E-state index in [9.17, 15) is 14.4 Å². The summed E-state index contributed by atoms with van der Waals surface area (Å²) in [4.78, 5) is 38.3. The monoisotopic (exact) mass is 330 g/mol. The van der Waals surface area contributed by atoms with Gasteiger partial charge in [-0.1, -0.05) is 58.9 Å². The van der Waals surface area contributed by atoms with E-state index in [-0.39, 0.29) is 18.2 Å². The Balaban J connectivity index is 2.27. The summed E-state index contributed by atoms with van der Waals surface area (Å²) >= 11 is 0. The van der Waals surface area contributed by atoms with Crippen molar-refractivity contribution in [2.24, 2.45) is 5.41 Å². The molecule has 2 rings (SSSR count). The summed E-state index contributed by atoms with van der Waals surface area (Å²) in [7, 11) is 0. The van der Waals surface area contributed by atoms with E-state index in [1.807, 2.05) is 24.3 Å². The van der Waals surface area contributed by atoms with E-state index in [1.165, 1.54) is 5.56 Å². The van der Waals surface area contributed by atoms with Crippen LogP contribution in [0, 0.1) is 5.41 Å². The van der Waals surface area contributed by atoms with Gasteiger partial charge in [0.05, 0.1) is 6.54 Å². The first-order valence-electron chi connectivity index (χ1n) is 8.24. The lowest BCUT2D eigenvalue weighted by atomic mass is 9.89. The summed E-state index contributed by atoms with van der Waals surface area (Å²) < 4.78 is 0. The highest BCUT2D eigenvalue weighted by Gasteiger charge is 2.49. The molecule has 0 radical (unpaired) electrons. The van der Waals surface area contributed by atoms with Crippen LogP contribution >= 0.6 is 0 Å². The molecule has 1 aromatic rings. The second-order valence-electron chi connectivity index (χ2n) is 7.90. The van der Waals surface area contributed by atoms with Crippen LogP contribution in [0.4, 0.5) is 4.79 Å². The van der Waals surface area contributed by atoms with E-state index in [0.717, 1.165) is 10.5 Å². The first-order valence-corrected chi connectivity index (χ1v) is 8.24. The van der Waals surface area contributed by atoms with Gasteiger partial charge in [-0.2, -0.15) is 0 Å². The number of nitrogens with one attached hydrogen (secondary N) is 1. The standard InChI is InChI=1S/C19H26N2O3/c1-12(2)13-7-9-14(10-8-13)19(6)16(23)21(17(24)20-19)11-15(22)18(3,4)5/h7-10,12H,11H2,1-6H3,(H,20,24). The number of ketones is 1. The molecule has 24 heavy (non-hydrogen) atoms. The minimum atomic E-state index is -1.13. The lowest BCUT2D eigenvalue weighted by Crippen LogP contribution is -2.42. The Kier molecular flexibility index (Phi) is 4.57. The molecule has 1 atom stereocenters. The Hall–Kier alpha value is -2.17. The Morgan fingerprint density at radius 1 is 1.17 bits per heavy atom. The van der Waals surface area contributed by atoms with Crippen molar-refractivity contribution in [2.75, 3.05) is 6.54 Å². The third-order valence-corrected chi connectivity index (χ3v) is 4.57. The summed E-state index contributed by atoms with van der Waals surface area (Å²) in [5, 5.41) is 2.74. The summed E-state index contributed by atoms with van der Waals surface area (Å²) in [6.07, 6.45) is 0. The average molecular weight is 330 g/mol. The van der Waals surface area contributed by atoms with Crippen LogP contribution in [0.25, 0.3) is 0 Å². The van der Waals surface area contributed by atoms with Gasteiger partial charge in [0.2, 0.25) is 0 Å². The second kappa shape index (κ2) is 6.04. The maximum atomic E-state index is 12.8. The molecule has 1 aliphatic heterocycles.